The molecule has 0 saturated carbocycles. The molecule has 0 aromatic carbocycles. The normalized spacial score (nSPS) is 11.0. The van der Waals surface area contributed by atoms with Gasteiger partial charge in [-0.15, -0.1) is 0 Å². The molecular formula is C8H12N2O. The Morgan fingerprint density at radius 2 is 2.45 bits per heavy atom. The molecule has 1 rings (SSSR count). The molecule has 0 aliphatic heterocycles. The highest BCUT2D eigenvalue weighted by atomic mass is 16.5. The van der Waals surface area contributed by atoms with Crippen LogP contribution in [-0.4, -0.2) is 10.1 Å². The van der Waals surface area contributed by atoms with Crippen molar-refractivity contribution in [2.45, 2.75) is 26.2 Å². The van der Waals surface area contributed by atoms with Crippen LogP contribution in [0.5, 0.6) is 0 Å². The molecule has 0 unspecified atom stereocenters. The molecular weight excluding hydrogens is 140 g/mol. The molecule has 0 fully saturated rings. The first-order valence-electron chi connectivity index (χ1n) is 3.83. The van der Waals surface area contributed by atoms with Crippen LogP contribution >= 0.6 is 0 Å². The molecule has 0 saturated heterocycles. The number of hydrogen-bond acceptors (Lipinski definition) is 3. The highest BCUT2D eigenvalue weighted by Crippen LogP contribution is 1.94. The van der Waals surface area contributed by atoms with Gasteiger partial charge in [-0.2, -0.15) is 4.98 Å². The molecule has 1 aromatic heterocycles. The zero-order valence-electron chi connectivity index (χ0n) is 6.66. The van der Waals surface area contributed by atoms with E-state index in [2.05, 4.69) is 33.7 Å². The van der Waals surface area contributed by atoms with Gasteiger partial charge in [0.25, 0.3) is 0 Å². The molecule has 11 heavy (non-hydrogen) atoms. The predicted octanol–water partition coefficient (Wildman–Crippen LogP) is 1.97. The Hall–Kier alpha value is -1.12. The average molecular weight is 152 g/mol. The molecule has 0 radical (unpaired) electrons. The largest absolute Gasteiger partial charge is 0.343 e. The summed E-state index contributed by atoms with van der Waals surface area (Å²) in [6.45, 7) is 2.15. The Morgan fingerprint density at radius 3 is 3.09 bits per heavy atom. The number of allylic oxidation sites excluding steroid dienone is 2. The lowest BCUT2D eigenvalue weighted by molar-refractivity contribution is 0.411. The number of nitrogens with zero attached hydrogens (tertiary/aromatic N) is 2. The molecule has 3 nitrogen and oxygen atoms in total. The third-order valence-electron chi connectivity index (χ3n) is 1.33. The fraction of sp³-hybridized carbons (Fsp3) is 0.500. The lowest BCUT2D eigenvalue weighted by atomic mass is 10.3. The van der Waals surface area contributed by atoms with Crippen molar-refractivity contribution in [1.82, 2.24) is 10.1 Å². The van der Waals surface area contributed by atoms with E-state index in [9.17, 15) is 0 Å². The predicted molar refractivity (Wildman–Crippen MR) is 42.1 cm³/mol. The van der Waals surface area contributed by atoms with E-state index in [1.54, 1.807) is 0 Å². The molecule has 0 bridgehead atoms. The van der Waals surface area contributed by atoms with Crippen molar-refractivity contribution in [3.05, 3.63) is 24.4 Å². The van der Waals surface area contributed by atoms with Crippen LogP contribution in [0.1, 0.15) is 25.6 Å². The molecule has 1 aromatic rings. The molecule has 0 aliphatic rings. The van der Waals surface area contributed by atoms with Crippen molar-refractivity contribution < 1.29 is 4.52 Å². The summed E-state index contributed by atoms with van der Waals surface area (Å²) in [4.78, 5) is 3.88. The summed E-state index contributed by atoms with van der Waals surface area (Å²) in [5, 5.41) is 3.68. The lowest BCUT2D eigenvalue weighted by Gasteiger charge is -1.83. The molecule has 0 amide bonds. The molecule has 0 spiro atoms. The van der Waals surface area contributed by atoms with Crippen LogP contribution in [0.4, 0.5) is 0 Å². The van der Waals surface area contributed by atoms with Crippen LogP contribution in [0.25, 0.3) is 0 Å². The first kappa shape index (κ1) is 7.98. The van der Waals surface area contributed by atoms with E-state index in [1.807, 2.05) is 0 Å². The Morgan fingerprint density at radius 1 is 1.55 bits per heavy atom. The van der Waals surface area contributed by atoms with Gasteiger partial charge in [-0.3, -0.25) is 0 Å². The van der Waals surface area contributed by atoms with Crippen molar-refractivity contribution in [3.8, 4) is 0 Å². The topological polar surface area (TPSA) is 38.9 Å². The van der Waals surface area contributed by atoms with Gasteiger partial charge in [0, 0.05) is 6.42 Å². The standard InChI is InChI=1S/C8H12N2O/c1-2-3-4-5-6-8-9-7-11-10-8/h4-5,7H,2-3,6H2,1H3/b5-4+. The Balaban J connectivity index is 2.23. The van der Waals surface area contributed by atoms with Crippen LogP contribution in [-0.2, 0) is 6.42 Å². The van der Waals surface area contributed by atoms with Crippen molar-refractivity contribution in [3.63, 3.8) is 0 Å². The van der Waals surface area contributed by atoms with Gasteiger partial charge < -0.3 is 4.52 Å². The third-order valence-corrected chi connectivity index (χ3v) is 1.33. The second kappa shape index (κ2) is 4.66. The first-order chi connectivity index (χ1) is 5.43. The molecule has 0 aliphatic carbocycles. The summed E-state index contributed by atoms with van der Waals surface area (Å²) in [6, 6.07) is 0. The van der Waals surface area contributed by atoms with Crippen molar-refractivity contribution in [2.24, 2.45) is 0 Å². The van der Waals surface area contributed by atoms with Gasteiger partial charge in [-0.25, -0.2) is 0 Å². The van der Waals surface area contributed by atoms with E-state index in [0.29, 0.717) is 0 Å². The fourth-order valence-electron chi connectivity index (χ4n) is 0.756. The van der Waals surface area contributed by atoms with E-state index in [-0.39, 0.29) is 0 Å². The van der Waals surface area contributed by atoms with Crippen LogP contribution in [0, 0.1) is 0 Å². The van der Waals surface area contributed by atoms with Gasteiger partial charge in [0.05, 0.1) is 0 Å². The summed E-state index contributed by atoms with van der Waals surface area (Å²) >= 11 is 0. The zero-order chi connectivity index (χ0) is 7.94. The monoisotopic (exact) mass is 152 g/mol. The fourth-order valence-corrected chi connectivity index (χ4v) is 0.756. The highest BCUT2D eigenvalue weighted by molar-refractivity contribution is 4.92. The van der Waals surface area contributed by atoms with E-state index >= 15 is 0 Å². The Bertz CT molecular complexity index is 204. The van der Waals surface area contributed by atoms with E-state index < -0.39 is 0 Å². The van der Waals surface area contributed by atoms with Crippen LogP contribution in [0.3, 0.4) is 0 Å². The average Bonchev–Trinajstić information content (AvgIpc) is 2.50. The van der Waals surface area contributed by atoms with Crippen molar-refractivity contribution >= 4 is 0 Å². The zero-order valence-corrected chi connectivity index (χ0v) is 6.66. The lowest BCUT2D eigenvalue weighted by Crippen LogP contribution is -1.82. The minimum Gasteiger partial charge on any atom is -0.343 e. The van der Waals surface area contributed by atoms with Gasteiger partial charge >= 0.3 is 0 Å². The van der Waals surface area contributed by atoms with E-state index in [1.165, 1.54) is 12.8 Å². The minimum atomic E-state index is 0.748. The van der Waals surface area contributed by atoms with Gasteiger partial charge in [-0.05, 0) is 6.42 Å². The Kier molecular flexibility index (Phi) is 3.38. The number of hydrogen-bond donors (Lipinski definition) is 0. The number of unbranched alkanes of at least 4 members (excludes halogenated alkanes) is 1. The maximum atomic E-state index is 4.58. The van der Waals surface area contributed by atoms with Gasteiger partial charge in [0.2, 0.25) is 6.39 Å². The summed E-state index contributed by atoms with van der Waals surface area (Å²) in [7, 11) is 0. The van der Waals surface area contributed by atoms with Crippen LogP contribution < -0.4 is 0 Å². The smallest absolute Gasteiger partial charge is 0.213 e. The van der Waals surface area contributed by atoms with Gasteiger partial charge in [0.15, 0.2) is 5.82 Å². The van der Waals surface area contributed by atoms with E-state index in [0.717, 1.165) is 18.7 Å². The maximum absolute atomic E-state index is 4.58. The number of aromatic nitrogens is 2. The van der Waals surface area contributed by atoms with Crippen molar-refractivity contribution in [2.75, 3.05) is 0 Å². The van der Waals surface area contributed by atoms with Crippen LogP contribution in [0.2, 0.25) is 0 Å². The van der Waals surface area contributed by atoms with E-state index in [4.69, 9.17) is 0 Å². The first-order valence-corrected chi connectivity index (χ1v) is 3.83. The summed E-state index contributed by atoms with van der Waals surface area (Å²) in [6.07, 6.45) is 8.63. The second-order valence-corrected chi connectivity index (χ2v) is 2.31. The van der Waals surface area contributed by atoms with Gasteiger partial charge in [0.1, 0.15) is 0 Å². The second-order valence-electron chi connectivity index (χ2n) is 2.31. The molecule has 0 N–H and O–H groups in total. The van der Waals surface area contributed by atoms with Gasteiger partial charge in [-0.1, -0.05) is 30.7 Å². The summed E-state index contributed by atoms with van der Waals surface area (Å²) < 4.78 is 4.58. The summed E-state index contributed by atoms with van der Waals surface area (Å²) in [5.41, 5.74) is 0. The Labute approximate surface area is 66.1 Å². The quantitative estimate of drug-likeness (QED) is 0.619. The SMILES string of the molecule is CCC/C=C/Cc1ncon1. The van der Waals surface area contributed by atoms with Crippen LogP contribution in [0.15, 0.2) is 23.1 Å². The summed E-state index contributed by atoms with van der Waals surface area (Å²) in [5.74, 6) is 0.748. The third kappa shape index (κ3) is 2.98. The molecule has 3 heteroatoms. The molecule has 0 atom stereocenters. The number of rotatable bonds is 4. The van der Waals surface area contributed by atoms with Crippen molar-refractivity contribution in [1.29, 1.82) is 0 Å². The minimum absolute atomic E-state index is 0.748. The maximum Gasteiger partial charge on any atom is 0.213 e. The highest BCUT2D eigenvalue weighted by Gasteiger charge is 1.91. The molecule has 1 heterocycles. The molecule has 60 valence electrons.